The first-order valence-electron chi connectivity index (χ1n) is 4.25. The lowest BCUT2D eigenvalue weighted by Gasteiger charge is -2.05. The Kier molecular flexibility index (Phi) is 3.76. The molecule has 10 heavy (non-hydrogen) atoms. The second-order valence-corrected chi connectivity index (χ2v) is 3.08. The van der Waals surface area contributed by atoms with E-state index in [2.05, 4.69) is 5.32 Å². The summed E-state index contributed by atoms with van der Waals surface area (Å²) in [4.78, 5) is 0. The summed E-state index contributed by atoms with van der Waals surface area (Å²) in [6.45, 7) is 2.76. The Morgan fingerprint density at radius 2 is 2.30 bits per heavy atom. The highest BCUT2D eigenvalue weighted by Gasteiger charge is 2.12. The average Bonchev–Trinajstić information content (AvgIpc) is 2.41. The fraction of sp³-hybridized carbons (Fsp3) is 1.00. The molecule has 0 bridgehead atoms. The van der Waals surface area contributed by atoms with Crippen molar-refractivity contribution in [1.29, 1.82) is 0 Å². The number of hydrogen-bond donors (Lipinski definition) is 2. The molecule has 1 unspecified atom stereocenters. The first-order valence-corrected chi connectivity index (χ1v) is 4.25. The Labute approximate surface area is 62.6 Å². The topological polar surface area (TPSA) is 32.3 Å². The molecular weight excluding hydrogens is 126 g/mol. The smallest absolute Gasteiger partial charge is 0.0431 e. The highest BCUT2D eigenvalue weighted by molar-refractivity contribution is 4.70. The fourth-order valence-corrected chi connectivity index (χ4v) is 1.51. The monoisotopic (exact) mass is 143 g/mol. The largest absolute Gasteiger partial charge is 0.396 e. The molecule has 60 valence electrons. The molecule has 2 heteroatoms. The lowest BCUT2D eigenvalue weighted by molar-refractivity contribution is 0.279. The normalized spacial score (nSPS) is 25.5. The third kappa shape index (κ3) is 2.67. The van der Waals surface area contributed by atoms with Crippen LogP contribution in [0.5, 0.6) is 0 Å². The van der Waals surface area contributed by atoms with Crippen LogP contribution in [-0.4, -0.2) is 24.8 Å². The maximum atomic E-state index is 8.52. The van der Waals surface area contributed by atoms with Crippen LogP contribution >= 0.6 is 0 Å². The van der Waals surface area contributed by atoms with E-state index in [9.17, 15) is 0 Å². The van der Waals surface area contributed by atoms with Gasteiger partial charge in [0, 0.05) is 6.61 Å². The van der Waals surface area contributed by atoms with Crippen molar-refractivity contribution in [2.24, 2.45) is 5.92 Å². The van der Waals surface area contributed by atoms with Gasteiger partial charge in [-0.05, 0) is 38.3 Å². The Bertz CT molecular complexity index is 79.3. The van der Waals surface area contributed by atoms with Crippen LogP contribution in [-0.2, 0) is 0 Å². The van der Waals surface area contributed by atoms with Gasteiger partial charge in [0.25, 0.3) is 0 Å². The summed E-state index contributed by atoms with van der Waals surface area (Å²) >= 11 is 0. The molecule has 1 aliphatic rings. The summed E-state index contributed by atoms with van der Waals surface area (Å²) in [5, 5.41) is 11.9. The zero-order valence-corrected chi connectivity index (χ0v) is 6.47. The molecular formula is C8H17NO. The van der Waals surface area contributed by atoms with E-state index in [0.29, 0.717) is 6.61 Å². The van der Waals surface area contributed by atoms with E-state index in [4.69, 9.17) is 5.11 Å². The van der Waals surface area contributed by atoms with Gasteiger partial charge >= 0.3 is 0 Å². The predicted molar refractivity (Wildman–Crippen MR) is 41.9 cm³/mol. The molecule has 0 spiro atoms. The fourth-order valence-electron chi connectivity index (χ4n) is 1.51. The summed E-state index contributed by atoms with van der Waals surface area (Å²) in [7, 11) is 0. The highest BCUT2D eigenvalue weighted by atomic mass is 16.2. The van der Waals surface area contributed by atoms with Gasteiger partial charge in [-0.3, -0.25) is 0 Å². The first kappa shape index (κ1) is 8.02. The standard InChI is InChI=1S/C8H17NO/c10-6-2-1-3-8-4-5-9-7-8/h8-10H,1-7H2. The molecule has 1 atom stereocenters. The Hall–Kier alpha value is -0.0800. The van der Waals surface area contributed by atoms with E-state index in [1.807, 2.05) is 0 Å². The predicted octanol–water partition coefficient (Wildman–Crippen LogP) is 0.758. The van der Waals surface area contributed by atoms with E-state index < -0.39 is 0 Å². The lowest BCUT2D eigenvalue weighted by Crippen LogP contribution is -2.08. The van der Waals surface area contributed by atoms with Crippen molar-refractivity contribution in [3.05, 3.63) is 0 Å². The van der Waals surface area contributed by atoms with Crippen molar-refractivity contribution in [3.63, 3.8) is 0 Å². The molecule has 1 rings (SSSR count). The van der Waals surface area contributed by atoms with Gasteiger partial charge in [-0.2, -0.15) is 0 Å². The van der Waals surface area contributed by atoms with Crippen LogP contribution in [0.4, 0.5) is 0 Å². The van der Waals surface area contributed by atoms with E-state index in [1.54, 1.807) is 0 Å². The minimum absolute atomic E-state index is 0.361. The van der Waals surface area contributed by atoms with Crippen molar-refractivity contribution in [3.8, 4) is 0 Å². The quantitative estimate of drug-likeness (QED) is 0.569. The molecule has 0 radical (unpaired) electrons. The van der Waals surface area contributed by atoms with Crippen LogP contribution in [0.3, 0.4) is 0 Å². The molecule has 1 aliphatic heterocycles. The summed E-state index contributed by atoms with van der Waals surface area (Å²) in [6.07, 6.45) is 4.82. The molecule has 1 fully saturated rings. The van der Waals surface area contributed by atoms with Gasteiger partial charge in [-0.15, -0.1) is 0 Å². The van der Waals surface area contributed by atoms with Gasteiger partial charge in [0.05, 0.1) is 0 Å². The molecule has 1 saturated heterocycles. The zero-order valence-electron chi connectivity index (χ0n) is 6.47. The Morgan fingerprint density at radius 3 is 2.90 bits per heavy atom. The van der Waals surface area contributed by atoms with Crippen molar-refractivity contribution >= 4 is 0 Å². The zero-order chi connectivity index (χ0) is 7.23. The molecule has 0 amide bonds. The number of hydrogen-bond acceptors (Lipinski definition) is 2. The molecule has 0 aromatic heterocycles. The molecule has 0 aliphatic carbocycles. The summed E-state index contributed by atoms with van der Waals surface area (Å²) in [5.74, 6) is 0.895. The van der Waals surface area contributed by atoms with Gasteiger partial charge in [-0.25, -0.2) is 0 Å². The number of rotatable bonds is 4. The SMILES string of the molecule is OCCCCC1CCNC1. The Balaban J connectivity index is 1.91. The molecule has 0 aromatic rings. The van der Waals surface area contributed by atoms with Crippen molar-refractivity contribution in [1.82, 2.24) is 5.32 Å². The summed E-state index contributed by atoms with van der Waals surface area (Å²) < 4.78 is 0. The molecule has 1 heterocycles. The molecule has 2 N–H and O–H groups in total. The van der Waals surface area contributed by atoms with E-state index in [0.717, 1.165) is 12.3 Å². The number of nitrogens with one attached hydrogen (secondary N) is 1. The van der Waals surface area contributed by atoms with Crippen LogP contribution < -0.4 is 5.32 Å². The van der Waals surface area contributed by atoms with Gasteiger partial charge in [-0.1, -0.05) is 6.42 Å². The van der Waals surface area contributed by atoms with Crippen molar-refractivity contribution in [2.45, 2.75) is 25.7 Å². The maximum Gasteiger partial charge on any atom is 0.0431 e. The van der Waals surface area contributed by atoms with E-state index in [1.165, 1.54) is 32.4 Å². The number of unbranched alkanes of at least 4 members (excludes halogenated alkanes) is 1. The second kappa shape index (κ2) is 4.69. The van der Waals surface area contributed by atoms with Gasteiger partial charge < -0.3 is 10.4 Å². The van der Waals surface area contributed by atoms with Gasteiger partial charge in [0.2, 0.25) is 0 Å². The first-order chi connectivity index (χ1) is 4.93. The van der Waals surface area contributed by atoms with Gasteiger partial charge in [0.15, 0.2) is 0 Å². The molecule has 2 nitrogen and oxygen atoms in total. The highest BCUT2D eigenvalue weighted by Crippen LogP contribution is 2.14. The number of aliphatic hydroxyl groups excluding tert-OH is 1. The maximum absolute atomic E-state index is 8.52. The van der Waals surface area contributed by atoms with Crippen LogP contribution in [0.15, 0.2) is 0 Å². The van der Waals surface area contributed by atoms with Crippen LogP contribution in [0.2, 0.25) is 0 Å². The van der Waals surface area contributed by atoms with Crippen LogP contribution in [0.25, 0.3) is 0 Å². The average molecular weight is 143 g/mol. The van der Waals surface area contributed by atoms with Crippen molar-refractivity contribution < 1.29 is 5.11 Å². The molecule has 0 saturated carbocycles. The van der Waals surface area contributed by atoms with E-state index >= 15 is 0 Å². The van der Waals surface area contributed by atoms with Crippen LogP contribution in [0.1, 0.15) is 25.7 Å². The summed E-state index contributed by atoms with van der Waals surface area (Å²) in [6, 6.07) is 0. The number of aliphatic hydroxyl groups is 1. The minimum atomic E-state index is 0.361. The van der Waals surface area contributed by atoms with Gasteiger partial charge in [0.1, 0.15) is 0 Å². The van der Waals surface area contributed by atoms with Crippen LogP contribution in [0, 0.1) is 5.92 Å². The molecule has 0 aromatic carbocycles. The Morgan fingerprint density at radius 1 is 1.40 bits per heavy atom. The van der Waals surface area contributed by atoms with E-state index in [-0.39, 0.29) is 0 Å². The van der Waals surface area contributed by atoms with Crippen molar-refractivity contribution in [2.75, 3.05) is 19.7 Å². The minimum Gasteiger partial charge on any atom is -0.396 e. The second-order valence-electron chi connectivity index (χ2n) is 3.08. The third-order valence-corrected chi connectivity index (χ3v) is 2.18. The third-order valence-electron chi connectivity index (χ3n) is 2.18. The summed E-state index contributed by atoms with van der Waals surface area (Å²) in [5.41, 5.74) is 0. The lowest BCUT2D eigenvalue weighted by atomic mass is 10.0.